The molecule has 30 heavy (non-hydrogen) atoms. The van der Waals surface area contributed by atoms with E-state index in [-0.39, 0.29) is 17.7 Å². The molecule has 1 aliphatic rings. The molecule has 0 aliphatic carbocycles. The maximum Gasteiger partial charge on any atom is 0.410 e. The maximum atomic E-state index is 14.0. The molecule has 0 saturated heterocycles. The van der Waals surface area contributed by atoms with Crippen molar-refractivity contribution in [3.05, 3.63) is 70.9 Å². The smallest absolute Gasteiger partial charge is 0.410 e. The molecule has 3 aromatic rings. The van der Waals surface area contributed by atoms with E-state index in [1.165, 1.54) is 23.9 Å². The van der Waals surface area contributed by atoms with E-state index in [2.05, 4.69) is 4.57 Å². The number of fused-ring (bicyclic) bond motifs is 3. The fourth-order valence-corrected chi connectivity index (χ4v) is 4.30. The molecular weight excluding hydrogens is 386 g/mol. The van der Waals surface area contributed by atoms with Crippen molar-refractivity contribution < 1.29 is 18.3 Å². The van der Waals surface area contributed by atoms with E-state index in [1.807, 2.05) is 18.2 Å². The van der Waals surface area contributed by atoms with Crippen LogP contribution in [0.5, 0.6) is 0 Å². The normalized spacial score (nSPS) is 13.5. The molecule has 0 fully saturated rings. The molecule has 0 radical (unpaired) electrons. The molecule has 4 rings (SSSR count). The summed E-state index contributed by atoms with van der Waals surface area (Å²) in [6.07, 6.45) is 3.25. The predicted molar refractivity (Wildman–Crippen MR) is 112 cm³/mol. The summed E-state index contributed by atoms with van der Waals surface area (Å²) in [5.74, 6) is -0.486. The highest BCUT2D eigenvalue weighted by molar-refractivity contribution is 5.86. The summed E-state index contributed by atoms with van der Waals surface area (Å²) in [6, 6.07) is 11.5. The first-order chi connectivity index (χ1) is 14.6. The summed E-state index contributed by atoms with van der Waals surface area (Å²) in [6.45, 7) is 4.00. The lowest BCUT2D eigenvalue weighted by atomic mass is 10.0. The molecule has 1 amide bonds. The van der Waals surface area contributed by atoms with Gasteiger partial charge in [0.05, 0.1) is 13.2 Å². The van der Waals surface area contributed by atoms with Gasteiger partial charge in [-0.25, -0.2) is 13.6 Å². The van der Waals surface area contributed by atoms with Crippen molar-refractivity contribution in [3.63, 3.8) is 0 Å². The number of hydrogen-bond donors (Lipinski definition) is 0. The van der Waals surface area contributed by atoms with Gasteiger partial charge in [-0.3, -0.25) is 0 Å². The first-order valence-corrected chi connectivity index (χ1v) is 10.5. The standard InChI is InChI=1S/C24H26F2N2O2/c1-2-30-24(29)27-14-12-23-21(16-27)20-15-19(26)10-11-22(20)28(23)13-4-3-5-17-6-8-18(25)9-7-17/h6-11,15H,2-5,12-14,16H2,1H3. The number of unbranched alkanes of at least 4 members (excludes halogenated alkanes) is 1. The van der Waals surface area contributed by atoms with E-state index in [1.54, 1.807) is 17.9 Å². The second-order valence-electron chi connectivity index (χ2n) is 7.69. The third kappa shape index (κ3) is 4.18. The Bertz CT molecular complexity index is 1040. The van der Waals surface area contributed by atoms with E-state index >= 15 is 0 Å². The third-order valence-electron chi connectivity index (χ3n) is 5.75. The van der Waals surface area contributed by atoms with Crippen LogP contribution in [0.1, 0.15) is 36.6 Å². The van der Waals surface area contributed by atoms with Gasteiger partial charge in [0.1, 0.15) is 11.6 Å². The number of benzene rings is 2. The second-order valence-corrected chi connectivity index (χ2v) is 7.69. The fourth-order valence-electron chi connectivity index (χ4n) is 4.30. The highest BCUT2D eigenvalue weighted by Crippen LogP contribution is 2.32. The van der Waals surface area contributed by atoms with Crippen molar-refractivity contribution in [2.24, 2.45) is 0 Å². The van der Waals surface area contributed by atoms with Crippen LogP contribution in [0.3, 0.4) is 0 Å². The minimum Gasteiger partial charge on any atom is -0.450 e. The molecule has 158 valence electrons. The monoisotopic (exact) mass is 412 g/mol. The van der Waals surface area contributed by atoms with Gasteiger partial charge in [0.2, 0.25) is 0 Å². The number of ether oxygens (including phenoxy) is 1. The zero-order valence-electron chi connectivity index (χ0n) is 17.2. The van der Waals surface area contributed by atoms with Gasteiger partial charge >= 0.3 is 6.09 Å². The molecule has 4 nitrogen and oxygen atoms in total. The van der Waals surface area contributed by atoms with Crippen LogP contribution in [0.2, 0.25) is 0 Å². The summed E-state index contributed by atoms with van der Waals surface area (Å²) in [5.41, 5.74) is 4.33. The van der Waals surface area contributed by atoms with E-state index in [0.29, 0.717) is 19.7 Å². The Kier molecular flexibility index (Phi) is 6.02. The Morgan fingerprint density at radius 3 is 2.60 bits per heavy atom. The van der Waals surface area contributed by atoms with Crippen LogP contribution >= 0.6 is 0 Å². The summed E-state index contributed by atoms with van der Waals surface area (Å²) >= 11 is 0. The van der Waals surface area contributed by atoms with Gasteiger partial charge in [0.25, 0.3) is 0 Å². The minimum atomic E-state index is -0.320. The Balaban J connectivity index is 1.52. The zero-order chi connectivity index (χ0) is 21.1. The molecule has 1 aliphatic heterocycles. The molecule has 1 aromatic heterocycles. The van der Waals surface area contributed by atoms with Crippen molar-refractivity contribution in [1.82, 2.24) is 9.47 Å². The van der Waals surface area contributed by atoms with E-state index in [9.17, 15) is 13.6 Å². The SMILES string of the molecule is CCOC(=O)N1CCc2c(c3cc(F)ccc3n2CCCCc2ccc(F)cc2)C1. The van der Waals surface area contributed by atoms with E-state index < -0.39 is 0 Å². The fraction of sp³-hybridized carbons (Fsp3) is 0.375. The number of aryl methyl sites for hydroxylation is 2. The molecular formula is C24H26F2N2O2. The number of carbonyl (C=O) groups excluding carboxylic acids is 1. The Labute approximate surface area is 175 Å². The average Bonchev–Trinajstić information content (AvgIpc) is 3.05. The Hall–Kier alpha value is -2.89. The second kappa shape index (κ2) is 8.86. The number of aromatic nitrogens is 1. The molecule has 0 saturated carbocycles. The lowest BCUT2D eigenvalue weighted by molar-refractivity contribution is 0.102. The van der Waals surface area contributed by atoms with Crippen LogP contribution in [0.15, 0.2) is 42.5 Å². The average molecular weight is 412 g/mol. The number of carbonyl (C=O) groups is 1. The van der Waals surface area contributed by atoms with E-state index in [0.717, 1.165) is 54.3 Å². The predicted octanol–water partition coefficient (Wildman–Crippen LogP) is 5.46. The summed E-state index contributed by atoms with van der Waals surface area (Å²) in [5, 5.41) is 0.873. The first kappa shape index (κ1) is 20.4. The lowest BCUT2D eigenvalue weighted by Crippen LogP contribution is -2.36. The highest BCUT2D eigenvalue weighted by atomic mass is 19.1. The largest absolute Gasteiger partial charge is 0.450 e. The Morgan fingerprint density at radius 1 is 1.07 bits per heavy atom. The zero-order valence-corrected chi connectivity index (χ0v) is 17.2. The summed E-state index contributed by atoms with van der Waals surface area (Å²) in [4.78, 5) is 13.9. The van der Waals surface area contributed by atoms with Gasteiger partial charge in [-0.2, -0.15) is 0 Å². The quantitative estimate of drug-likeness (QED) is 0.504. The first-order valence-electron chi connectivity index (χ1n) is 10.5. The van der Waals surface area contributed by atoms with Crippen LogP contribution in [0.25, 0.3) is 10.9 Å². The van der Waals surface area contributed by atoms with Crippen LogP contribution in [0, 0.1) is 11.6 Å². The van der Waals surface area contributed by atoms with Gasteiger partial charge < -0.3 is 14.2 Å². The molecule has 2 heterocycles. The topological polar surface area (TPSA) is 34.5 Å². The number of amides is 1. The van der Waals surface area contributed by atoms with Gasteiger partial charge in [-0.05, 0) is 62.1 Å². The molecule has 0 bridgehead atoms. The minimum absolute atomic E-state index is 0.215. The molecule has 6 heteroatoms. The number of rotatable bonds is 6. The van der Waals surface area contributed by atoms with Crippen molar-refractivity contribution in [2.45, 2.75) is 45.7 Å². The number of hydrogen-bond acceptors (Lipinski definition) is 2. The lowest BCUT2D eigenvalue weighted by Gasteiger charge is -2.27. The molecule has 0 unspecified atom stereocenters. The van der Waals surface area contributed by atoms with Crippen LogP contribution in [-0.2, 0) is 30.7 Å². The summed E-state index contributed by atoms with van der Waals surface area (Å²) in [7, 11) is 0. The molecule has 0 atom stereocenters. The van der Waals surface area contributed by atoms with Gasteiger partial charge in [-0.1, -0.05) is 12.1 Å². The van der Waals surface area contributed by atoms with Gasteiger partial charge in [-0.15, -0.1) is 0 Å². The van der Waals surface area contributed by atoms with Crippen molar-refractivity contribution in [3.8, 4) is 0 Å². The van der Waals surface area contributed by atoms with Crippen molar-refractivity contribution in [2.75, 3.05) is 13.2 Å². The Morgan fingerprint density at radius 2 is 1.83 bits per heavy atom. The molecule has 0 spiro atoms. The van der Waals surface area contributed by atoms with Crippen LogP contribution in [0.4, 0.5) is 13.6 Å². The van der Waals surface area contributed by atoms with Crippen LogP contribution in [-0.4, -0.2) is 28.7 Å². The van der Waals surface area contributed by atoms with E-state index in [4.69, 9.17) is 4.74 Å². The molecule has 2 aromatic carbocycles. The highest BCUT2D eigenvalue weighted by Gasteiger charge is 2.27. The van der Waals surface area contributed by atoms with Gasteiger partial charge in [0, 0.05) is 41.7 Å². The number of halogens is 2. The van der Waals surface area contributed by atoms with Gasteiger partial charge in [0.15, 0.2) is 0 Å². The van der Waals surface area contributed by atoms with Crippen molar-refractivity contribution >= 4 is 17.0 Å². The third-order valence-corrected chi connectivity index (χ3v) is 5.75. The number of nitrogens with zero attached hydrogens (tertiary/aromatic N) is 2. The van der Waals surface area contributed by atoms with Crippen molar-refractivity contribution in [1.29, 1.82) is 0 Å². The summed E-state index contributed by atoms with van der Waals surface area (Å²) < 4.78 is 34.5. The van der Waals surface area contributed by atoms with Crippen LogP contribution < -0.4 is 0 Å². The molecule has 0 N–H and O–H groups in total. The maximum absolute atomic E-state index is 14.0.